The molecule has 10 heteroatoms. The number of likely N-dealkylation sites (tertiary alicyclic amines) is 1. The van der Waals surface area contributed by atoms with Crippen LogP contribution >= 0.6 is 23.8 Å². The van der Waals surface area contributed by atoms with Gasteiger partial charge in [0.15, 0.2) is 11.6 Å². The second-order valence-electron chi connectivity index (χ2n) is 8.63. The normalized spacial score (nSPS) is 15.8. The van der Waals surface area contributed by atoms with E-state index < -0.39 is 11.7 Å². The van der Waals surface area contributed by atoms with Crippen LogP contribution in [0.2, 0.25) is 5.02 Å². The van der Waals surface area contributed by atoms with E-state index in [0.717, 1.165) is 24.3 Å². The highest BCUT2D eigenvalue weighted by molar-refractivity contribution is 7.80. The number of nitrogens with zero attached hydrogens (tertiary/aromatic N) is 2. The van der Waals surface area contributed by atoms with Gasteiger partial charge in [0.25, 0.3) is 5.91 Å². The van der Waals surface area contributed by atoms with Gasteiger partial charge in [-0.25, -0.2) is 4.39 Å². The van der Waals surface area contributed by atoms with Crippen LogP contribution in [0.5, 0.6) is 17.2 Å². The van der Waals surface area contributed by atoms with Gasteiger partial charge in [0.2, 0.25) is 0 Å². The van der Waals surface area contributed by atoms with Crippen LogP contribution < -0.4 is 15.2 Å². The summed E-state index contributed by atoms with van der Waals surface area (Å²) >= 11 is 12.0. The number of aromatic nitrogens is 1. The number of primary amides is 1. The summed E-state index contributed by atoms with van der Waals surface area (Å²) in [5.41, 5.74) is 6.73. The first-order chi connectivity index (χ1) is 17.3. The number of carbonyl (C=O) groups excluding carboxylic acids is 1. The highest BCUT2D eigenvalue weighted by Gasteiger charge is 2.25. The molecule has 2 heterocycles. The molecular weight excluding hydrogens is 505 g/mol. The molecule has 1 atom stereocenters. The fourth-order valence-corrected chi connectivity index (χ4v) is 5.03. The lowest BCUT2D eigenvalue weighted by atomic mass is 10.1. The van der Waals surface area contributed by atoms with Gasteiger partial charge in [0.1, 0.15) is 11.5 Å². The molecule has 1 fully saturated rings. The van der Waals surface area contributed by atoms with Crippen LogP contribution in [0.25, 0.3) is 10.9 Å². The molecule has 36 heavy (non-hydrogen) atoms. The second kappa shape index (κ2) is 11.5. The Labute approximate surface area is 219 Å². The Morgan fingerprint density at radius 3 is 2.78 bits per heavy atom. The molecule has 0 radical (unpaired) electrons. The van der Waals surface area contributed by atoms with Crippen molar-refractivity contribution in [1.82, 2.24) is 9.88 Å². The lowest BCUT2D eigenvalue weighted by Gasteiger charge is -2.24. The van der Waals surface area contributed by atoms with Crippen LogP contribution in [-0.4, -0.2) is 60.6 Å². The lowest BCUT2D eigenvalue weighted by Crippen LogP contribution is -2.36. The van der Waals surface area contributed by atoms with Crippen molar-refractivity contribution in [3.63, 3.8) is 0 Å². The third-order valence-electron chi connectivity index (χ3n) is 6.26. The van der Waals surface area contributed by atoms with Crippen LogP contribution in [0, 0.1) is 5.82 Å². The Morgan fingerprint density at radius 1 is 1.25 bits per heavy atom. The smallest absolute Gasteiger partial charge is 0.252 e. The molecule has 190 valence electrons. The average Bonchev–Trinajstić information content (AvgIpc) is 3.29. The summed E-state index contributed by atoms with van der Waals surface area (Å²) in [4.78, 5) is 19.2. The molecule has 1 aromatic heterocycles. The number of ether oxygens (including phenoxy) is 3. The first kappa shape index (κ1) is 26.2. The van der Waals surface area contributed by atoms with Crippen molar-refractivity contribution in [2.24, 2.45) is 5.73 Å². The summed E-state index contributed by atoms with van der Waals surface area (Å²) in [6.45, 7) is 2.27. The summed E-state index contributed by atoms with van der Waals surface area (Å²) < 4.78 is 31.7. The molecule has 1 aliphatic heterocycles. The predicted octanol–water partition coefficient (Wildman–Crippen LogP) is 4.95. The summed E-state index contributed by atoms with van der Waals surface area (Å²) in [5, 5.41) is 0.437. The number of nitrogens with two attached hydrogens (primary N) is 1. The monoisotopic (exact) mass is 531 g/mol. The first-order valence-corrected chi connectivity index (χ1v) is 12.3. The number of methoxy groups -OCH3 is 2. The topological polar surface area (TPSA) is 86.9 Å². The van der Waals surface area contributed by atoms with Gasteiger partial charge in [0, 0.05) is 48.6 Å². The molecule has 1 amide bonds. The van der Waals surface area contributed by atoms with Gasteiger partial charge in [-0.05, 0) is 43.1 Å². The van der Waals surface area contributed by atoms with E-state index in [2.05, 4.69) is 9.88 Å². The number of amides is 1. The van der Waals surface area contributed by atoms with Gasteiger partial charge < -0.3 is 19.9 Å². The molecule has 1 saturated heterocycles. The molecule has 0 spiro atoms. The molecule has 0 bridgehead atoms. The minimum Gasteiger partial charge on any atom is -0.496 e. The van der Waals surface area contributed by atoms with Crippen LogP contribution in [0.15, 0.2) is 36.5 Å². The van der Waals surface area contributed by atoms with Crippen molar-refractivity contribution < 1.29 is 23.4 Å². The van der Waals surface area contributed by atoms with Gasteiger partial charge in [0.05, 0.1) is 29.8 Å². The maximum Gasteiger partial charge on any atom is 0.252 e. The van der Waals surface area contributed by atoms with Gasteiger partial charge in [-0.1, -0.05) is 29.9 Å². The molecule has 4 rings (SSSR count). The Kier molecular flexibility index (Phi) is 8.35. The van der Waals surface area contributed by atoms with Gasteiger partial charge in [-0.2, -0.15) is 0 Å². The Morgan fingerprint density at radius 2 is 2.06 bits per heavy atom. The quantitative estimate of drug-likeness (QED) is 0.370. The molecule has 3 aromatic rings. The third kappa shape index (κ3) is 5.59. The zero-order chi connectivity index (χ0) is 25.8. The molecular formula is C26H27ClFN3O4S. The van der Waals surface area contributed by atoms with E-state index in [9.17, 15) is 4.79 Å². The number of fused-ring (bicyclic) bond motifs is 1. The van der Waals surface area contributed by atoms with Crippen LogP contribution in [0.4, 0.5) is 4.39 Å². The summed E-state index contributed by atoms with van der Waals surface area (Å²) in [5.74, 6) is -0.832. The number of carbonyl (C=O) groups is 1. The van der Waals surface area contributed by atoms with Crippen LogP contribution in [0.3, 0.4) is 0 Å². The van der Waals surface area contributed by atoms with E-state index in [0.29, 0.717) is 47.8 Å². The number of rotatable bonds is 10. The van der Waals surface area contributed by atoms with Crippen LogP contribution in [0.1, 0.15) is 28.8 Å². The number of benzene rings is 2. The lowest BCUT2D eigenvalue weighted by molar-refractivity contribution is 0.0997. The maximum absolute atomic E-state index is 15.3. The number of pyridine rings is 1. The highest BCUT2D eigenvalue weighted by Crippen LogP contribution is 2.36. The van der Waals surface area contributed by atoms with E-state index in [1.54, 1.807) is 25.3 Å². The largest absolute Gasteiger partial charge is 0.496 e. The fraction of sp³-hybridized carbons (Fsp3) is 0.346. The third-order valence-corrected chi connectivity index (χ3v) is 6.94. The Bertz CT molecular complexity index is 1310. The minimum atomic E-state index is -0.691. The number of hydrogen-bond donors (Lipinski definition) is 1. The van der Waals surface area contributed by atoms with Crippen molar-refractivity contribution in [3.8, 4) is 17.2 Å². The van der Waals surface area contributed by atoms with Crippen molar-refractivity contribution in [1.29, 1.82) is 0 Å². The fourth-order valence-electron chi connectivity index (χ4n) is 4.48. The zero-order valence-electron chi connectivity index (χ0n) is 20.1. The van der Waals surface area contributed by atoms with E-state index in [1.807, 2.05) is 0 Å². The van der Waals surface area contributed by atoms with Gasteiger partial charge in [-0.15, -0.1) is 0 Å². The highest BCUT2D eigenvalue weighted by atomic mass is 35.5. The molecule has 2 aromatic carbocycles. The number of hydrogen-bond acceptors (Lipinski definition) is 7. The molecule has 1 aliphatic rings. The Balaban J connectivity index is 1.55. The number of halogens is 2. The molecule has 0 aliphatic carbocycles. The SMILES string of the molecule is COCC1CCCN1CC(=S)Cc1ccc(Oc2ccnc3cc(OC)c(C(N)=O)cc23)c(F)c1Cl. The van der Waals surface area contributed by atoms with Crippen molar-refractivity contribution in [2.75, 3.05) is 33.9 Å². The molecule has 1 unspecified atom stereocenters. The average molecular weight is 532 g/mol. The summed E-state index contributed by atoms with van der Waals surface area (Å²) in [6.07, 6.45) is 4.08. The van der Waals surface area contributed by atoms with Crippen molar-refractivity contribution >= 4 is 45.5 Å². The first-order valence-electron chi connectivity index (χ1n) is 11.5. The van der Waals surface area contributed by atoms with Crippen LogP contribution in [-0.2, 0) is 11.2 Å². The van der Waals surface area contributed by atoms with E-state index in [-0.39, 0.29) is 22.1 Å². The summed E-state index contributed by atoms with van der Waals surface area (Å²) in [7, 11) is 3.13. The summed E-state index contributed by atoms with van der Waals surface area (Å²) in [6, 6.07) is 8.25. The minimum absolute atomic E-state index is 0.0393. The molecule has 0 saturated carbocycles. The molecule has 2 N–H and O–H groups in total. The van der Waals surface area contributed by atoms with Crippen molar-refractivity contribution in [2.45, 2.75) is 25.3 Å². The second-order valence-corrected chi connectivity index (χ2v) is 9.59. The van der Waals surface area contributed by atoms with Crippen molar-refractivity contribution in [3.05, 3.63) is 58.5 Å². The zero-order valence-corrected chi connectivity index (χ0v) is 21.6. The Hall–Kier alpha value is -2.85. The van der Waals surface area contributed by atoms with Gasteiger partial charge in [-0.3, -0.25) is 14.7 Å². The standard InChI is InChI=1S/C26H27ClFN3O4S/c1-33-14-16-4-3-9-31(16)13-17(36)10-15-5-6-22(25(28)24(15)27)35-21-7-8-30-20-12-23(34-2)19(26(29)32)11-18(20)21/h5-8,11-12,16H,3-4,9-10,13-14H2,1-2H3,(H2,29,32). The van der Waals surface area contributed by atoms with E-state index in [1.165, 1.54) is 25.4 Å². The number of thiocarbonyl (C=S) groups is 1. The van der Waals surface area contributed by atoms with E-state index in [4.69, 9.17) is 43.8 Å². The van der Waals surface area contributed by atoms with Gasteiger partial charge >= 0.3 is 0 Å². The molecule has 7 nitrogen and oxygen atoms in total. The maximum atomic E-state index is 15.3. The van der Waals surface area contributed by atoms with E-state index >= 15 is 4.39 Å². The predicted molar refractivity (Wildman–Crippen MR) is 141 cm³/mol.